The molecule has 1 amide bonds. The monoisotopic (exact) mass is 267 g/mol. The summed E-state index contributed by atoms with van der Waals surface area (Å²) in [5, 5.41) is 3.40. The Labute approximate surface area is 110 Å². The average Bonchev–Trinajstić information content (AvgIpc) is 3.08. The van der Waals surface area contributed by atoms with Crippen LogP contribution in [0.5, 0.6) is 0 Å². The quantitative estimate of drug-likeness (QED) is 0.534. The molecular weight excluding hydrogens is 250 g/mol. The first kappa shape index (κ1) is 12.9. The van der Waals surface area contributed by atoms with E-state index in [0.717, 1.165) is 0 Å². The second-order valence-electron chi connectivity index (χ2n) is 4.48. The number of carbonyl (C=O) groups excluding carboxylic acids is 1. The molecule has 0 radical (unpaired) electrons. The number of hydrogen-bond acceptors (Lipinski definition) is 6. The Morgan fingerprint density at radius 1 is 1.50 bits per heavy atom. The van der Waals surface area contributed by atoms with Gasteiger partial charge in [0.25, 0.3) is 0 Å². The summed E-state index contributed by atoms with van der Waals surface area (Å²) in [6, 6.07) is 1.74. The predicted octanol–water partition coefficient (Wildman–Crippen LogP) is 0.648. The zero-order chi connectivity index (χ0) is 13.1. The normalized spacial score (nSPS) is 16.3. The molecule has 2 rings (SSSR count). The highest BCUT2D eigenvalue weighted by molar-refractivity contribution is 7.99. The fourth-order valence-electron chi connectivity index (χ4n) is 1.67. The zero-order valence-corrected chi connectivity index (χ0v) is 11.0. The van der Waals surface area contributed by atoms with E-state index in [4.69, 9.17) is 11.5 Å². The Morgan fingerprint density at radius 3 is 2.67 bits per heavy atom. The lowest BCUT2D eigenvalue weighted by atomic mass is 10.2. The van der Waals surface area contributed by atoms with Gasteiger partial charge >= 0.3 is 0 Å². The van der Waals surface area contributed by atoms with Crippen molar-refractivity contribution in [1.82, 2.24) is 15.3 Å². The third kappa shape index (κ3) is 3.76. The van der Waals surface area contributed by atoms with Crippen LogP contribution < -0.4 is 16.8 Å². The summed E-state index contributed by atoms with van der Waals surface area (Å²) in [6.07, 6.45) is 2.42. The first-order valence-electron chi connectivity index (χ1n) is 5.87. The van der Waals surface area contributed by atoms with Crippen LogP contribution in [-0.2, 0) is 4.79 Å². The molecule has 18 heavy (non-hydrogen) atoms. The number of nitrogens with zero attached hydrogens (tertiary/aromatic N) is 2. The van der Waals surface area contributed by atoms with Crippen LogP contribution in [0.4, 0.5) is 11.6 Å². The van der Waals surface area contributed by atoms with E-state index in [2.05, 4.69) is 15.3 Å². The maximum Gasteiger partial charge on any atom is 0.230 e. The van der Waals surface area contributed by atoms with Crippen molar-refractivity contribution < 1.29 is 4.79 Å². The smallest absolute Gasteiger partial charge is 0.230 e. The third-order valence-electron chi connectivity index (χ3n) is 2.80. The standard InChI is InChI=1S/C11H17N5OS/c1-6(7-2-3-7)14-10(17)5-18-11-15-8(12)4-9(13)16-11/h4,6-7H,2-3,5H2,1H3,(H,14,17)(H4,12,13,15,16)/t6-/m0/s1. The third-order valence-corrected chi connectivity index (χ3v) is 3.64. The van der Waals surface area contributed by atoms with Gasteiger partial charge in [-0.15, -0.1) is 0 Å². The summed E-state index contributed by atoms with van der Waals surface area (Å²) in [4.78, 5) is 19.7. The summed E-state index contributed by atoms with van der Waals surface area (Å²) in [6.45, 7) is 2.04. The number of nitrogens with two attached hydrogens (primary N) is 2. The van der Waals surface area contributed by atoms with Crippen LogP contribution in [0.2, 0.25) is 0 Å². The van der Waals surface area contributed by atoms with Crippen LogP contribution in [0.1, 0.15) is 19.8 Å². The van der Waals surface area contributed by atoms with E-state index in [1.165, 1.54) is 30.7 Å². The molecule has 0 aliphatic heterocycles. The van der Waals surface area contributed by atoms with Crippen molar-refractivity contribution in [1.29, 1.82) is 0 Å². The lowest BCUT2D eigenvalue weighted by Gasteiger charge is -2.12. The minimum Gasteiger partial charge on any atom is -0.383 e. The van der Waals surface area contributed by atoms with Crippen molar-refractivity contribution in [3.8, 4) is 0 Å². The van der Waals surface area contributed by atoms with Gasteiger partial charge in [0.05, 0.1) is 5.75 Å². The molecule has 5 N–H and O–H groups in total. The van der Waals surface area contributed by atoms with Crippen molar-refractivity contribution in [2.75, 3.05) is 17.2 Å². The van der Waals surface area contributed by atoms with E-state index in [9.17, 15) is 4.79 Å². The number of nitrogen functional groups attached to an aromatic ring is 2. The topological polar surface area (TPSA) is 107 Å². The number of aromatic nitrogens is 2. The summed E-state index contributed by atoms with van der Waals surface area (Å²) >= 11 is 1.24. The number of rotatable bonds is 5. The van der Waals surface area contributed by atoms with Gasteiger partial charge in [-0.2, -0.15) is 0 Å². The van der Waals surface area contributed by atoms with Gasteiger partial charge in [-0.3, -0.25) is 4.79 Å². The van der Waals surface area contributed by atoms with Gasteiger partial charge in [0, 0.05) is 12.1 Å². The molecule has 6 nitrogen and oxygen atoms in total. The molecule has 1 aliphatic carbocycles. The van der Waals surface area contributed by atoms with E-state index in [1.54, 1.807) is 0 Å². The van der Waals surface area contributed by atoms with Gasteiger partial charge in [0.1, 0.15) is 11.6 Å². The molecule has 1 aromatic rings. The first-order chi connectivity index (χ1) is 8.54. The molecule has 0 bridgehead atoms. The Hall–Kier alpha value is -1.50. The summed E-state index contributed by atoms with van der Waals surface area (Å²) in [5.74, 6) is 1.55. The van der Waals surface area contributed by atoms with E-state index in [1.807, 2.05) is 6.92 Å². The molecule has 1 fully saturated rings. The number of carbonyl (C=O) groups is 1. The van der Waals surface area contributed by atoms with Gasteiger partial charge in [0.2, 0.25) is 5.91 Å². The van der Waals surface area contributed by atoms with Crippen molar-refractivity contribution >= 4 is 29.3 Å². The minimum atomic E-state index is -0.0102. The van der Waals surface area contributed by atoms with Crippen LogP contribution in [0.25, 0.3) is 0 Å². The van der Waals surface area contributed by atoms with Crippen LogP contribution in [0.3, 0.4) is 0 Å². The molecule has 0 saturated heterocycles. The number of thioether (sulfide) groups is 1. The van der Waals surface area contributed by atoms with Crippen LogP contribution in [0.15, 0.2) is 11.2 Å². The number of nitrogens with one attached hydrogen (secondary N) is 1. The minimum absolute atomic E-state index is 0.0102. The van der Waals surface area contributed by atoms with Crippen molar-refractivity contribution in [2.24, 2.45) is 5.92 Å². The predicted molar refractivity (Wildman–Crippen MR) is 71.9 cm³/mol. The van der Waals surface area contributed by atoms with Crippen LogP contribution >= 0.6 is 11.8 Å². The second-order valence-corrected chi connectivity index (χ2v) is 5.43. The summed E-state index contributed by atoms with van der Waals surface area (Å²) in [7, 11) is 0. The SMILES string of the molecule is C[C@H](NC(=O)CSc1nc(N)cc(N)n1)C1CC1. The van der Waals surface area contributed by atoms with E-state index in [-0.39, 0.29) is 17.7 Å². The Morgan fingerprint density at radius 2 is 2.11 bits per heavy atom. The van der Waals surface area contributed by atoms with Gasteiger partial charge < -0.3 is 16.8 Å². The molecule has 1 heterocycles. The number of amides is 1. The van der Waals surface area contributed by atoms with Gasteiger partial charge in [-0.05, 0) is 25.7 Å². The highest BCUT2D eigenvalue weighted by Crippen LogP contribution is 2.32. The molecular formula is C11H17N5OS. The molecule has 1 saturated carbocycles. The summed E-state index contributed by atoms with van der Waals surface area (Å²) in [5.41, 5.74) is 11.1. The molecule has 1 atom stereocenters. The highest BCUT2D eigenvalue weighted by atomic mass is 32.2. The van der Waals surface area contributed by atoms with Crippen LogP contribution in [-0.4, -0.2) is 27.7 Å². The molecule has 1 aliphatic rings. The fourth-order valence-corrected chi connectivity index (χ4v) is 2.35. The van der Waals surface area contributed by atoms with Gasteiger partial charge in [-0.25, -0.2) is 9.97 Å². The van der Waals surface area contributed by atoms with Gasteiger partial charge in [0.15, 0.2) is 5.16 Å². The van der Waals surface area contributed by atoms with Gasteiger partial charge in [-0.1, -0.05) is 11.8 Å². The molecule has 0 aromatic carbocycles. The number of hydrogen-bond donors (Lipinski definition) is 3. The summed E-state index contributed by atoms with van der Waals surface area (Å²) < 4.78 is 0. The maximum atomic E-state index is 11.7. The molecule has 98 valence electrons. The van der Waals surface area contributed by atoms with Crippen LogP contribution in [0, 0.1) is 5.92 Å². The second kappa shape index (κ2) is 5.43. The number of anilines is 2. The Kier molecular flexibility index (Phi) is 3.90. The lowest BCUT2D eigenvalue weighted by Crippen LogP contribution is -2.35. The molecule has 0 unspecified atom stereocenters. The highest BCUT2D eigenvalue weighted by Gasteiger charge is 2.28. The van der Waals surface area contributed by atoms with E-state index >= 15 is 0 Å². The van der Waals surface area contributed by atoms with Crippen molar-refractivity contribution in [3.63, 3.8) is 0 Å². The molecule has 1 aromatic heterocycles. The fraction of sp³-hybridized carbons (Fsp3) is 0.545. The lowest BCUT2D eigenvalue weighted by molar-refractivity contribution is -0.119. The maximum absolute atomic E-state index is 11.7. The molecule has 7 heteroatoms. The Balaban J connectivity index is 1.81. The first-order valence-corrected chi connectivity index (χ1v) is 6.85. The zero-order valence-electron chi connectivity index (χ0n) is 10.2. The van der Waals surface area contributed by atoms with E-state index in [0.29, 0.717) is 22.7 Å². The van der Waals surface area contributed by atoms with E-state index < -0.39 is 0 Å². The molecule has 0 spiro atoms. The van der Waals surface area contributed by atoms with Crippen molar-refractivity contribution in [2.45, 2.75) is 31.0 Å². The largest absolute Gasteiger partial charge is 0.383 e. The van der Waals surface area contributed by atoms with Crippen molar-refractivity contribution in [3.05, 3.63) is 6.07 Å². The Bertz CT molecular complexity index is 429. The average molecular weight is 267 g/mol.